The van der Waals surface area contributed by atoms with Gasteiger partial charge in [-0.2, -0.15) is 0 Å². The quantitative estimate of drug-likeness (QED) is 0.296. The molecule has 26 heavy (non-hydrogen) atoms. The zero-order chi connectivity index (χ0) is 18.7. The topological polar surface area (TPSA) is 125 Å². The Morgan fingerprint density at radius 2 is 1.92 bits per heavy atom. The number of phenols is 2. The van der Waals surface area contributed by atoms with Crippen molar-refractivity contribution in [2.45, 2.75) is 23.5 Å². The Balaban J connectivity index is 1.64. The summed E-state index contributed by atoms with van der Waals surface area (Å²) in [6.45, 7) is 0.290. The molecule has 6 N–H and O–H groups in total. The number of aromatic hydroxyl groups is 2. The first-order valence-corrected chi connectivity index (χ1v) is 8.90. The third-order valence-corrected chi connectivity index (χ3v) is 5.20. The van der Waals surface area contributed by atoms with Crippen LogP contribution in [-0.2, 0) is 9.53 Å². The molecule has 1 heterocycles. The highest BCUT2D eigenvalue weighted by atomic mass is 32.2. The molecule has 3 rings (SSSR count). The third kappa shape index (κ3) is 4.21. The lowest BCUT2D eigenvalue weighted by molar-refractivity contribution is -0.140. The Labute approximate surface area is 154 Å². The first-order chi connectivity index (χ1) is 12.4. The van der Waals surface area contributed by atoms with Crippen molar-refractivity contribution in [1.82, 2.24) is 4.72 Å². The van der Waals surface area contributed by atoms with Gasteiger partial charge in [-0.25, -0.2) is 4.72 Å². The van der Waals surface area contributed by atoms with Gasteiger partial charge in [0, 0.05) is 16.5 Å². The molecule has 0 saturated carbocycles. The zero-order valence-electron chi connectivity index (χ0n) is 13.8. The number of nitrogen functional groups attached to an aromatic ring is 1. The van der Waals surface area contributed by atoms with E-state index < -0.39 is 12.0 Å². The average molecular weight is 376 g/mol. The molecule has 0 aliphatic carbocycles. The summed E-state index contributed by atoms with van der Waals surface area (Å²) in [4.78, 5) is 12.5. The fourth-order valence-corrected chi connectivity index (χ4v) is 3.70. The molecule has 0 bridgehead atoms. The maximum Gasteiger partial charge on any atom is 0.321 e. The van der Waals surface area contributed by atoms with Gasteiger partial charge in [-0.1, -0.05) is 6.07 Å². The summed E-state index contributed by atoms with van der Waals surface area (Å²) < 4.78 is 8.72. The molecule has 1 saturated heterocycles. The van der Waals surface area contributed by atoms with Crippen LogP contribution in [0.25, 0.3) is 0 Å². The second-order valence-electron chi connectivity index (χ2n) is 6.17. The summed E-state index contributed by atoms with van der Waals surface area (Å²) in [6.07, 6.45) is 0.174. The number of anilines is 1. The van der Waals surface area contributed by atoms with Gasteiger partial charge in [-0.05, 0) is 60.3 Å². The average Bonchev–Trinajstić information content (AvgIpc) is 3.08. The second-order valence-corrected chi connectivity index (χ2v) is 7.08. The molecule has 1 aliphatic heterocycles. The number of nitrogens with two attached hydrogens (primary N) is 1. The minimum atomic E-state index is -0.948. The largest absolute Gasteiger partial charge is 0.504 e. The lowest BCUT2D eigenvalue weighted by Crippen LogP contribution is -2.39. The van der Waals surface area contributed by atoms with Crippen LogP contribution >= 0.6 is 11.9 Å². The lowest BCUT2D eigenvalue weighted by atomic mass is 9.94. The fraction of sp³-hybridized carbons (Fsp3) is 0.278. The van der Waals surface area contributed by atoms with Crippen molar-refractivity contribution in [2.24, 2.45) is 5.92 Å². The fourth-order valence-electron chi connectivity index (χ4n) is 2.87. The molecule has 0 spiro atoms. The number of aliphatic carboxylic acids is 1. The van der Waals surface area contributed by atoms with Gasteiger partial charge in [-0.15, -0.1) is 0 Å². The van der Waals surface area contributed by atoms with Gasteiger partial charge in [0.15, 0.2) is 11.5 Å². The van der Waals surface area contributed by atoms with Gasteiger partial charge in [0.05, 0.1) is 12.7 Å². The van der Waals surface area contributed by atoms with Gasteiger partial charge in [0.2, 0.25) is 0 Å². The van der Waals surface area contributed by atoms with Gasteiger partial charge in [-0.3, -0.25) is 4.79 Å². The number of carbonyl (C=O) groups is 1. The van der Waals surface area contributed by atoms with E-state index in [0.717, 1.165) is 4.90 Å². The molecule has 1 aliphatic rings. The van der Waals surface area contributed by atoms with Gasteiger partial charge < -0.3 is 25.8 Å². The first-order valence-electron chi connectivity index (χ1n) is 8.08. The molecule has 3 atom stereocenters. The molecule has 0 amide bonds. The second kappa shape index (κ2) is 7.86. The SMILES string of the molecule is Nc1ccc(SNC(C(=O)O)C2COC(c3ccc(O)c(O)c3)C2)cc1. The first kappa shape index (κ1) is 18.4. The van der Waals surface area contributed by atoms with E-state index in [1.807, 2.05) is 12.1 Å². The number of nitrogens with one attached hydrogen (secondary N) is 1. The number of ether oxygens (including phenoxy) is 1. The highest BCUT2D eigenvalue weighted by Gasteiger charge is 2.36. The van der Waals surface area contributed by atoms with Crippen molar-refractivity contribution in [3.05, 3.63) is 48.0 Å². The van der Waals surface area contributed by atoms with E-state index in [0.29, 0.717) is 24.3 Å². The monoisotopic (exact) mass is 376 g/mol. The molecule has 138 valence electrons. The van der Waals surface area contributed by atoms with E-state index in [9.17, 15) is 20.1 Å². The van der Waals surface area contributed by atoms with Crippen LogP contribution in [0.5, 0.6) is 11.5 Å². The van der Waals surface area contributed by atoms with E-state index in [4.69, 9.17) is 10.5 Å². The number of carboxylic acids is 1. The van der Waals surface area contributed by atoms with Crippen LogP contribution in [0.15, 0.2) is 47.4 Å². The highest BCUT2D eigenvalue weighted by Crippen LogP contribution is 2.37. The summed E-state index contributed by atoms with van der Waals surface area (Å²) in [5, 5.41) is 28.6. The van der Waals surface area contributed by atoms with Crippen molar-refractivity contribution in [1.29, 1.82) is 0 Å². The molecule has 2 aromatic carbocycles. The number of rotatable bonds is 6. The highest BCUT2D eigenvalue weighted by molar-refractivity contribution is 7.97. The van der Waals surface area contributed by atoms with Gasteiger partial charge in [0.1, 0.15) is 6.04 Å². The molecule has 1 fully saturated rings. The van der Waals surface area contributed by atoms with Crippen LogP contribution < -0.4 is 10.5 Å². The summed E-state index contributed by atoms with van der Waals surface area (Å²) in [6, 6.07) is 10.9. The van der Waals surface area contributed by atoms with Crippen LogP contribution in [0.3, 0.4) is 0 Å². The number of hydrogen-bond donors (Lipinski definition) is 5. The molecule has 8 heteroatoms. The Morgan fingerprint density at radius 1 is 1.19 bits per heavy atom. The summed E-state index contributed by atoms with van der Waals surface area (Å²) in [7, 11) is 0. The maximum absolute atomic E-state index is 11.7. The van der Waals surface area contributed by atoms with Crippen molar-refractivity contribution in [3.8, 4) is 11.5 Å². The van der Waals surface area contributed by atoms with Crippen LogP contribution in [0, 0.1) is 5.92 Å². The Bertz CT molecular complexity index is 784. The number of benzene rings is 2. The van der Waals surface area contributed by atoms with E-state index in [1.165, 1.54) is 24.1 Å². The molecule has 0 aromatic heterocycles. The normalized spacial score (nSPS) is 20.8. The van der Waals surface area contributed by atoms with E-state index in [-0.39, 0.29) is 23.5 Å². The van der Waals surface area contributed by atoms with Gasteiger partial charge in [0.25, 0.3) is 0 Å². The van der Waals surface area contributed by atoms with Gasteiger partial charge >= 0.3 is 5.97 Å². The number of phenolic OH excluding ortho intramolecular Hbond substituents is 2. The molecule has 2 aromatic rings. The number of carboxylic acid groups (broad SMARTS) is 1. The molecule has 7 nitrogen and oxygen atoms in total. The zero-order valence-corrected chi connectivity index (χ0v) is 14.6. The molecular weight excluding hydrogens is 356 g/mol. The predicted octanol–water partition coefficient (Wildman–Crippen LogP) is 2.51. The Kier molecular flexibility index (Phi) is 5.55. The maximum atomic E-state index is 11.7. The van der Waals surface area contributed by atoms with Crippen molar-refractivity contribution >= 4 is 23.6 Å². The van der Waals surface area contributed by atoms with Crippen LogP contribution in [-0.4, -0.2) is 33.9 Å². The van der Waals surface area contributed by atoms with Crippen molar-refractivity contribution in [3.63, 3.8) is 0 Å². The van der Waals surface area contributed by atoms with E-state index in [2.05, 4.69) is 4.72 Å². The number of hydrogen-bond acceptors (Lipinski definition) is 7. The van der Waals surface area contributed by atoms with E-state index in [1.54, 1.807) is 18.2 Å². The summed E-state index contributed by atoms with van der Waals surface area (Å²) in [5.74, 6) is -1.60. The Hall–Kier alpha value is -2.42. The minimum absolute atomic E-state index is 0.201. The lowest BCUT2D eigenvalue weighted by Gasteiger charge is -2.19. The summed E-state index contributed by atoms with van der Waals surface area (Å²) in [5.41, 5.74) is 7.00. The standard InChI is InChI=1S/C18H20N2O5S/c19-12-2-4-13(5-3-12)26-20-17(18(23)24)11-8-16(25-9-11)10-1-6-14(21)15(22)7-10/h1-7,11,16-17,20-22H,8-9,19H2,(H,23,24). The molecule has 3 unspecified atom stereocenters. The molecule has 0 radical (unpaired) electrons. The van der Waals surface area contributed by atoms with Crippen LogP contribution in [0.4, 0.5) is 5.69 Å². The third-order valence-electron chi connectivity index (χ3n) is 4.32. The minimum Gasteiger partial charge on any atom is -0.504 e. The predicted molar refractivity (Wildman–Crippen MR) is 97.8 cm³/mol. The van der Waals surface area contributed by atoms with Crippen molar-refractivity contribution < 1.29 is 24.9 Å². The van der Waals surface area contributed by atoms with Crippen molar-refractivity contribution in [2.75, 3.05) is 12.3 Å². The van der Waals surface area contributed by atoms with E-state index >= 15 is 0 Å². The summed E-state index contributed by atoms with van der Waals surface area (Å²) >= 11 is 1.24. The smallest absolute Gasteiger partial charge is 0.321 e. The molecular formula is C18H20N2O5S. The van der Waals surface area contributed by atoms with Crippen LogP contribution in [0.1, 0.15) is 18.1 Å². The van der Waals surface area contributed by atoms with Crippen LogP contribution in [0.2, 0.25) is 0 Å². The Morgan fingerprint density at radius 3 is 2.58 bits per heavy atom.